The molecule has 0 spiro atoms. The molecule has 1 amide bonds. The van der Waals surface area contributed by atoms with Gasteiger partial charge in [-0.25, -0.2) is 0 Å². The first-order valence-electron chi connectivity index (χ1n) is 6.48. The van der Waals surface area contributed by atoms with Gasteiger partial charge in [0.2, 0.25) is 11.0 Å². The second-order valence-electron chi connectivity index (χ2n) is 4.72. The number of hydrogen-bond acceptors (Lipinski definition) is 7. The number of anilines is 1. The Hall–Kier alpha value is -1.33. The van der Waals surface area contributed by atoms with Crippen molar-refractivity contribution in [3.05, 3.63) is 0 Å². The van der Waals surface area contributed by atoms with Crippen molar-refractivity contribution < 1.29 is 4.79 Å². The number of rotatable bonds is 7. The summed E-state index contributed by atoms with van der Waals surface area (Å²) in [5.74, 6) is 0.0113. The SMILES string of the molecule is C[C@@H](Sc1nnc(NC2CC2)s1)C(=O)N(C)CCC#N. The van der Waals surface area contributed by atoms with Gasteiger partial charge in [0, 0.05) is 19.6 Å². The third-order valence-corrected chi connectivity index (χ3v) is 4.90. The number of thioether (sulfide) groups is 1. The van der Waals surface area contributed by atoms with Gasteiger partial charge in [-0.15, -0.1) is 10.2 Å². The summed E-state index contributed by atoms with van der Waals surface area (Å²) in [5, 5.41) is 20.6. The maximum atomic E-state index is 12.1. The van der Waals surface area contributed by atoms with Crippen LogP contribution in [0.2, 0.25) is 0 Å². The van der Waals surface area contributed by atoms with Gasteiger partial charge in [0.15, 0.2) is 4.34 Å². The predicted octanol–water partition coefficient (Wildman–Crippen LogP) is 1.97. The van der Waals surface area contributed by atoms with Crippen molar-refractivity contribution >= 4 is 34.1 Å². The molecule has 0 unspecified atom stereocenters. The lowest BCUT2D eigenvalue weighted by Crippen LogP contribution is -2.33. The highest BCUT2D eigenvalue weighted by atomic mass is 32.2. The summed E-state index contributed by atoms with van der Waals surface area (Å²) in [6.45, 7) is 2.32. The third-order valence-electron chi connectivity index (χ3n) is 2.87. The summed E-state index contributed by atoms with van der Waals surface area (Å²) in [6, 6.07) is 2.59. The van der Waals surface area contributed by atoms with Crippen LogP contribution in [-0.4, -0.2) is 45.9 Å². The van der Waals surface area contributed by atoms with E-state index in [1.54, 1.807) is 11.9 Å². The molecule has 1 N–H and O–H groups in total. The molecule has 1 aromatic rings. The molecule has 0 aliphatic heterocycles. The lowest BCUT2D eigenvalue weighted by Gasteiger charge is -2.18. The van der Waals surface area contributed by atoms with Gasteiger partial charge < -0.3 is 10.2 Å². The first-order valence-corrected chi connectivity index (χ1v) is 8.18. The summed E-state index contributed by atoms with van der Waals surface area (Å²) in [4.78, 5) is 13.7. The molecule has 1 atom stereocenters. The number of nitriles is 1. The molecule has 1 fully saturated rings. The quantitative estimate of drug-likeness (QED) is 0.775. The third kappa shape index (κ3) is 4.35. The first-order chi connectivity index (χ1) is 9.60. The molecule has 1 aliphatic rings. The highest BCUT2D eigenvalue weighted by Crippen LogP contribution is 2.32. The molecule has 20 heavy (non-hydrogen) atoms. The Labute approximate surface area is 126 Å². The van der Waals surface area contributed by atoms with Crippen LogP contribution in [0, 0.1) is 11.3 Å². The van der Waals surface area contributed by atoms with Gasteiger partial charge in [-0.3, -0.25) is 4.79 Å². The molecule has 108 valence electrons. The second-order valence-corrected chi connectivity index (χ2v) is 7.29. The highest BCUT2D eigenvalue weighted by molar-refractivity contribution is 8.02. The molecule has 0 bridgehead atoms. The number of nitrogens with zero attached hydrogens (tertiary/aromatic N) is 4. The van der Waals surface area contributed by atoms with Crippen molar-refractivity contribution in [1.29, 1.82) is 5.26 Å². The van der Waals surface area contributed by atoms with Crippen molar-refractivity contribution in [2.75, 3.05) is 18.9 Å². The summed E-state index contributed by atoms with van der Waals surface area (Å²) in [5.41, 5.74) is 0. The van der Waals surface area contributed by atoms with Crippen LogP contribution >= 0.6 is 23.1 Å². The molecule has 0 aromatic carbocycles. The molecular weight excluding hydrogens is 294 g/mol. The van der Waals surface area contributed by atoms with Gasteiger partial charge in [0.1, 0.15) is 0 Å². The van der Waals surface area contributed by atoms with E-state index in [4.69, 9.17) is 5.26 Å². The maximum Gasteiger partial charge on any atom is 0.235 e. The van der Waals surface area contributed by atoms with E-state index in [0.717, 1.165) is 9.47 Å². The molecule has 0 saturated heterocycles. The van der Waals surface area contributed by atoms with E-state index in [1.165, 1.54) is 35.9 Å². The molecule has 1 saturated carbocycles. The number of carbonyl (C=O) groups is 1. The van der Waals surface area contributed by atoms with Crippen LogP contribution in [0.5, 0.6) is 0 Å². The normalized spacial score (nSPS) is 15.4. The van der Waals surface area contributed by atoms with Crippen molar-refractivity contribution in [2.24, 2.45) is 0 Å². The van der Waals surface area contributed by atoms with Crippen LogP contribution in [0.1, 0.15) is 26.2 Å². The first kappa shape index (κ1) is 15.1. The zero-order chi connectivity index (χ0) is 14.5. The Kier molecular flexibility index (Phi) is 5.20. The van der Waals surface area contributed by atoms with Gasteiger partial charge in [-0.1, -0.05) is 23.1 Å². The highest BCUT2D eigenvalue weighted by Gasteiger charge is 2.24. The summed E-state index contributed by atoms with van der Waals surface area (Å²) < 4.78 is 0.794. The molecule has 6 nitrogen and oxygen atoms in total. The Morgan fingerprint density at radius 3 is 3.05 bits per heavy atom. The summed E-state index contributed by atoms with van der Waals surface area (Å²) >= 11 is 2.90. The molecule has 2 rings (SSSR count). The van der Waals surface area contributed by atoms with E-state index >= 15 is 0 Å². The maximum absolute atomic E-state index is 12.1. The largest absolute Gasteiger partial charge is 0.357 e. The van der Waals surface area contributed by atoms with E-state index in [9.17, 15) is 4.79 Å². The van der Waals surface area contributed by atoms with Crippen LogP contribution in [0.25, 0.3) is 0 Å². The van der Waals surface area contributed by atoms with Crippen LogP contribution in [0.4, 0.5) is 5.13 Å². The average Bonchev–Trinajstić information content (AvgIpc) is 3.14. The summed E-state index contributed by atoms with van der Waals surface area (Å²) in [7, 11) is 1.72. The fraction of sp³-hybridized carbons (Fsp3) is 0.667. The molecule has 1 aromatic heterocycles. The topological polar surface area (TPSA) is 81.9 Å². The van der Waals surface area contributed by atoms with E-state index < -0.39 is 0 Å². The van der Waals surface area contributed by atoms with Crippen LogP contribution in [0.3, 0.4) is 0 Å². The Morgan fingerprint density at radius 2 is 2.40 bits per heavy atom. The molecule has 8 heteroatoms. The fourth-order valence-electron chi connectivity index (χ4n) is 1.56. The number of nitrogens with one attached hydrogen (secondary N) is 1. The van der Waals surface area contributed by atoms with Gasteiger partial charge in [0.05, 0.1) is 17.7 Å². The van der Waals surface area contributed by atoms with Gasteiger partial charge in [0.25, 0.3) is 0 Å². The van der Waals surface area contributed by atoms with Crippen molar-refractivity contribution in [1.82, 2.24) is 15.1 Å². The van der Waals surface area contributed by atoms with Crippen LogP contribution in [0.15, 0.2) is 4.34 Å². The fourth-order valence-corrected chi connectivity index (χ4v) is 3.65. The standard InChI is InChI=1S/C12H17N5OS2/c1-8(10(18)17(2)7-3-6-13)19-12-16-15-11(20-12)14-9-4-5-9/h8-9H,3-5,7H2,1-2H3,(H,14,15)/t8-/m1/s1. The van der Waals surface area contributed by atoms with Gasteiger partial charge >= 0.3 is 0 Å². The second kappa shape index (κ2) is 6.90. The summed E-state index contributed by atoms with van der Waals surface area (Å²) in [6.07, 6.45) is 2.75. The zero-order valence-corrected chi connectivity index (χ0v) is 13.1. The Morgan fingerprint density at radius 1 is 1.65 bits per heavy atom. The van der Waals surface area contributed by atoms with Crippen LogP contribution in [-0.2, 0) is 4.79 Å². The smallest absolute Gasteiger partial charge is 0.235 e. The number of amides is 1. The van der Waals surface area contributed by atoms with Gasteiger partial charge in [-0.2, -0.15) is 5.26 Å². The van der Waals surface area contributed by atoms with Gasteiger partial charge in [-0.05, 0) is 19.8 Å². The Bertz CT molecular complexity index is 508. The van der Waals surface area contributed by atoms with E-state index in [-0.39, 0.29) is 11.2 Å². The van der Waals surface area contributed by atoms with E-state index in [2.05, 4.69) is 15.5 Å². The predicted molar refractivity (Wildman–Crippen MR) is 79.7 cm³/mol. The minimum Gasteiger partial charge on any atom is -0.357 e. The lowest BCUT2D eigenvalue weighted by molar-refractivity contribution is -0.128. The number of aromatic nitrogens is 2. The number of hydrogen-bond donors (Lipinski definition) is 1. The Balaban J connectivity index is 1.83. The molecule has 1 heterocycles. The minimum absolute atomic E-state index is 0.0113. The van der Waals surface area contributed by atoms with Crippen molar-refractivity contribution in [3.8, 4) is 6.07 Å². The lowest BCUT2D eigenvalue weighted by atomic mass is 10.3. The average molecular weight is 311 g/mol. The van der Waals surface area contributed by atoms with Crippen molar-refractivity contribution in [3.63, 3.8) is 0 Å². The van der Waals surface area contributed by atoms with Crippen LogP contribution < -0.4 is 5.32 Å². The van der Waals surface area contributed by atoms with E-state index in [0.29, 0.717) is 19.0 Å². The van der Waals surface area contributed by atoms with Crippen molar-refractivity contribution in [2.45, 2.75) is 41.8 Å². The zero-order valence-electron chi connectivity index (χ0n) is 11.5. The molecule has 0 radical (unpaired) electrons. The molecule has 1 aliphatic carbocycles. The number of carbonyl (C=O) groups excluding carboxylic acids is 1. The monoisotopic (exact) mass is 311 g/mol. The van der Waals surface area contributed by atoms with E-state index in [1.807, 2.05) is 13.0 Å². The minimum atomic E-state index is -0.222. The molecular formula is C12H17N5OS2.